The van der Waals surface area contributed by atoms with Crippen molar-refractivity contribution in [3.05, 3.63) is 88.9 Å². The Hall–Kier alpha value is -3.56. The first-order valence-corrected chi connectivity index (χ1v) is 15.5. The normalized spacial score (nSPS) is 11.9. The minimum absolute atomic E-state index is 0.0295. The Morgan fingerprint density at radius 1 is 0.976 bits per heavy atom. The summed E-state index contributed by atoms with van der Waals surface area (Å²) in [7, 11) is -2.62. The first-order chi connectivity index (χ1) is 19.6. The highest BCUT2D eigenvalue weighted by molar-refractivity contribution is 7.92. The Morgan fingerprint density at radius 2 is 1.63 bits per heavy atom. The SMILES string of the molecule is CCCCNC(=O)C(CC)N(Cc1ccc(OC)cc1)C(=O)CN(c1ccccc1Cl)S(=O)(=O)c1ccc(C)cc1. The van der Waals surface area contributed by atoms with Crippen LogP contribution in [0.2, 0.25) is 5.02 Å². The number of carbonyl (C=O) groups is 2. The van der Waals surface area contributed by atoms with Crippen molar-refractivity contribution in [3.63, 3.8) is 0 Å². The number of nitrogens with zero attached hydrogens (tertiary/aromatic N) is 2. The Kier molecular flexibility index (Phi) is 11.6. The van der Waals surface area contributed by atoms with Crippen LogP contribution >= 0.6 is 11.6 Å². The van der Waals surface area contributed by atoms with E-state index < -0.39 is 28.5 Å². The first-order valence-electron chi connectivity index (χ1n) is 13.7. The van der Waals surface area contributed by atoms with Gasteiger partial charge in [-0.3, -0.25) is 13.9 Å². The van der Waals surface area contributed by atoms with E-state index in [0.717, 1.165) is 28.3 Å². The van der Waals surface area contributed by atoms with E-state index in [-0.39, 0.29) is 28.1 Å². The lowest BCUT2D eigenvalue weighted by Crippen LogP contribution is -2.52. The van der Waals surface area contributed by atoms with Crippen LogP contribution in [0.4, 0.5) is 5.69 Å². The maximum Gasteiger partial charge on any atom is 0.264 e. The molecule has 1 atom stereocenters. The molecule has 8 nitrogen and oxygen atoms in total. The predicted octanol–water partition coefficient (Wildman–Crippen LogP) is 5.58. The van der Waals surface area contributed by atoms with E-state index in [4.69, 9.17) is 16.3 Å². The molecule has 0 aromatic heterocycles. The van der Waals surface area contributed by atoms with Crippen molar-refractivity contribution < 1.29 is 22.7 Å². The van der Waals surface area contributed by atoms with Crippen molar-refractivity contribution in [1.29, 1.82) is 0 Å². The highest BCUT2D eigenvalue weighted by Crippen LogP contribution is 2.31. The second-order valence-corrected chi connectivity index (χ2v) is 12.0. The largest absolute Gasteiger partial charge is 0.497 e. The molecule has 0 heterocycles. The molecule has 0 aliphatic rings. The van der Waals surface area contributed by atoms with Crippen LogP contribution in [0.15, 0.2) is 77.7 Å². The smallest absolute Gasteiger partial charge is 0.264 e. The predicted molar refractivity (Wildman–Crippen MR) is 163 cm³/mol. The molecule has 3 aromatic rings. The van der Waals surface area contributed by atoms with E-state index in [1.54, 1.807) is 55.6 Å². The summed E-state index contributed by atoms with van der Waals surface area (Å²) in [5, 5.41) is 3.11. The molecule has 0 spiro atoms. The zero-order valence-corrected chi connectivity index (χ0v) is 25.5. The number of unbranched alkanes of at least 4 members (excludes halogenated alkanes) is 1. The molecule has 41 heavy (non-hydrogen) atoms. The summed E-state index contributed by atoms with van der Waals surface area (Å²) in [5.74, 6) is -0.160. The number of halogens is 1. The molecule has 0 fully saturated rings. The number of amides is 2. The lowest BCUT2D eigenvalue weighted by molar-refractivity contribution is -0.140. The average molecular weight is 600 g/mol. The van der Waals surface area contributed by atoms with Gasteiger partial charge in [0.2, 0.25) is 11.8 Å². The van der Waals surface area contributed by atoms with Crippen LogP contribution in [-0.2, 0) is 26.2 Å². The van der Waals surface area contributed by atoms with Gasteiger partial charge in [-0.25, -0.2) is 8.42 Å². The fourth-order valence-corrected chi connectivity index (χ4v) is 6.08. The standard InChI is InChI=1S/C31H38ClN3O5S/c1-5-7-20-33-31(37)28(6-2)34(21-24-14-16-25(40-4)17-15-24)30(36)22-35(29-11-9-8-10-27(29)32)41(38,39)26-18-12-23(3)13-19-26/h8-19,28H,5-7,20-22H2,1-4H3,(H,33,37). The van der Waals surface area contributed by atoms with Crippen molar-refractivity contribution in [2.24, 2.45) is 0 Å². The number of hydrogen-bond acceptors (Lipinski definition) is 5. The maximum atomic E-state index is 14.1. The number of sulfonamides is 1. The second kappa shape index (κ2) is 14.9. The van der Waals surface area contributed by atoms with Crippen molar-refractivity contribution in [2.45, 2.75) is 57.5 Å². The van der Waals surface area contributed by atoms with Gasteiger partial charge in [-0.05, 0) is 61.7 Å². The summed E-state index contributed by atoms with van der Waals surface area (Å²) in [5.41, 5.74) is 1.84. The van der Waals surface area contributed by atoms with Crippen molar-refractivity contribution in [3.8, 4) is 5.75 Å². The van der Waals surface area contributed by atoms with E-state index in [2.05, 4.69) is 5.32 Å². The minimum Gasteiger partial charge on any atom is -0.497 e. The van der Waals surface area contributed by atoms with Gasteiger partial charge in [0, 0.05) is 13.1 Å². The molecule has 1 unspecified atom stereocenters. The van der Waals surface area contributed by atoms with Crippen molar-refractivity contribution in [2.75, 3.05) is 24.5 Å². The summed E-state index contributed by atoms with van der Waals surface area (Å²) >= 11 is 6.46. The zero-order chi connectivity index (χ0) is 30.0. The van der Waals surface area contributed by atoms with Gasteiger partial charge in [0.05, 0.1) is 22.7 Å². The monoisotopic (exact) mass is 599 g/mol. The van der Waals surface area contributed by atoms with Gasteiger partial charge in [0.1, 0.15) is 18.3 Å². The van der Waals surface area contributed by atoms with Crippen LogP contribution < -0.4 is 14.4 Å². The molecule has 0 aliphatic carbocycles. The van der Waals surface area contributed by atoms with Crippen LogP contribution in [0.25, 0.3) is 0 Å². The molecule has 0 saturated heterocycles. The molecule has 10 heteroatoms. The first kappa shape index (κ1) is 32.0. The summed E-state index contributed by atoms with van der Waals surface area (Å²) < 4.78 is 34.1. The number of hydrogen-bond donors (Lipinski definition) is 1. The van der Waals surface area contributed by atoms with E-state index in [1.165, 1.54) is 17.0 Å². The number of benzene rings is 3. The third-order valence-corrected chi connectivity index (χ3v) is 8.83. The van der Waals surface area contributed by atoms with Gasteiger partial charge < -0.3 is 15.0 Å². The third kappa shape index (κ3) is 8.24. The van der Waals surface area contributed by atoms with Gasteiger partial charge in [-0.1, -0.05) is 73.8 Å². The molecule has 0 radical (unpaired) electrons. The maximum absolute atomic E-state index is 14.1. The Labute approximate surface area is 248 Å². The topological polar surface area (TPSA) is 96.0 Å². The molecule has 0 saturated carbocycles. The van der Waals surface area contributed by atoms with Gasteiger partial charge in [0.15, 0.2) is 0 Å². The summed E-state index contributed by atoms with van der Waals surface area (Å²) in [6.45, 7) is 5.76. The molecule has 3 aromatic carbocycles. The lowest BCUT2D eigenvalue weighted by Gasteiger charge is -2.33. The van der Waals surface area contributed by atoms with Gasteiger partial charge >= 0.3 is 0 Å². The molecule has 3 rings (SSSR count). The number of rotatable bonds is 14. The molecular weight excluding hydrogens is 562 g/mol. The van der Waals surface area contributed by atoms with E-state index in [0.29, 0.717) is 18.7 Å². The molecule has 220 valence electrons. The lowest BCUT2D eigenvalue weighted by atomic mass is 10.1. The number of carbonyl (C=O) groups excluding carboxylic acids is 2. The van der Waals surface area contributed by atoms with E-state index in [9.17, 15) is 18.0 Å². The number of aryl methyl sites for hydroxylation is 1. The number of methoxy groups -OCH3 is 1. The average Bonchev–Trinajstić information content (AvgIpc) is 2.96. The molecular formula is C31H38ClN3O5S. The molecule has 2 amide bonds. The second-order valence-electron chi connectivity index (χ2n) is 9.71. The van der Waals surface area contributed by atoms with Crippen LogP contribution in [0.1, 0.15) is 44.2 Å². The van der Waals surface area contributed by atoms with E-state index in [1.807, 2.05) is 32.9 Å². The highest BCUT2D eigenvalue weighted by atomic mass is 35.5. The van der Waals surface area contributed by atoms with Crippen LogP contribution in [-0.4, -0.2) is 51.4 Å². The fraction of sp³-hybridized carbons (Fsp3) is 0.355. The van der Waals surface area contributed by atoms with Crippen LogP contribution in [0, 0.1) is 6.92 Å². The fourth-order valence-electron chi connectivity index (χ4n) is 4.36. The van der Waals surface area contributed by atoms with E-state index >= 15 is 0 Å². The third-order valence-electron chi connectivity index (χ3n) is 6.74. The molecule has 0 aliphatic heterocycles. The van der Waals surface area contributed by atoms with Gasteiger partial charge in [0.25, 0.3) is 10.0 Å². The van der Waals surface area contributed by atoms with Gasteiger partial charge in [-0.2, -0.15) is 0 Å². The summed E-state index contributed by atoms with van der Waals surface area (Å²) in [6.07, 6.45) is 2.07. The Balaban J connectivity index is 2.04. The highest BCUT2D eigenvalue weighted by Gasteiger charge is 2.34. The number of nitrogens with one attached hydrogen (secondary N) is 1. The quantitative estimate of drug-likeness (QED) is 0.244. The molecule has 0 bridgehead atoms. The Bertz CT molecular complexity index is 1410. The Morgan fingerprint density at radius 3 is 2.22 bits per heavy atom. The number of anilines is 1. The zero-order valence-electron chi connectivity index (χ0n) is 24.0. The molecule has 1 N–H and O–H groups in total. The van der Waals surface area contributed by atoms with Crippen molar-refractivity contribution >= 4 is 39.1 Å². The van der Waals surface area contributed by atoms with Crippen LogP contribution in [0.3, 0.4) is 0 Å². The van der Waals surface area contributed by atoms with Crippen LogP contribution in [0.5, 0.6) is 5.75 Å². The number of ether oxygens (including phenoxy) is 1. The summed E-state index contributed by atoms with van der Waals surface area (Å²) in [4.78, 5) is 28.8. The summed E-state index contributed by atoms with van der Waals surface area (Å²) in [6, 6.07) is 19.3. The van der Waals surface area contributed by atoms with Gasteiger partial charge in [-0.15, -0.1) is 0 Å². The minimum atomic E-state index is -4.19. The van der Waals surface area contributed by atoms with Crippen molar-refractivity contribution in [1.82, 2.24) is 10.2 Å². The number of para-hydroxylation sites is 1.